The van der Waals surface area contributed by atoms with Gasteiger partial charge in [-0.25, -0.2) is 0 Å². The summed E-state index contributed by atoms with van der Waals surface area (Å²) in [5.41, 5.74) is 2.43. The summed E-state index contributed by atoms with van der Waals surface area (Å²) in [6, 6.07) is 0. The largest absolute Gasteiger partial charge is 0.393 e. The summed E-state index contributed by atoms with van der Waals surface area (Å²) in [7, 11) is 0. The average Bonchev–Trinajstić information content (AvgIpc) is 3.07. The monoisotopic (exact) mass is 458 g/mol. The molecule has 10 atom stereocenters. The summed E-state index contributed by atoms with van der Waals surface area (Å²) in [6.45, 7) is 18.1. The highest BCUT2D eigenvalue weighted by molar-refractivity contribution is 5.24. The molecule has 0 saturated heterocycles. The standard InChI is InChI=1S/C30H50O3/c1-18(2)10-9-11-19(3)20-12-15-29(7)25(20)21(31)16-23-28(6)14-13-24(33)27(4,5)26(28)22(32)17-30(23,29)8/h10-11,20-26,31-33H,9,12-17H2,1-8H3/b19-11+/t20-,21-,22+,23-,24+,25+,26+,28-,29-,30-/m1/s1. The first kappa shape index (κ1) is 25.5. The third-order valence-electron chi connectivity index (χ3n) is 11.8. The van der Waals surface area contributed by atoms with Crippen molar-refractivity contribution in [1.29, 1.82) is 0 Å². The fourth-order valence-electron chi connectivity index (χ4n) is 10.1. The van der Waals surface area contributed by atoms with Crippen molar-refractivity contribution in [3.05, 3.63) is 23.3 Å². The molecule has 3 N–H and O–H groups in total. The molecule has 4 saturated carbocycles. The predicted octanol–water partition coefficient (Wildman–Crippen LogP) is 6.28. The number of aliphatic hydroxyl groups is 3. The third kappa shape index (κ3) is 3.54. The van der Waals surface area contributed by atoms with Gasteiger partial charge in [-0.2, -0.15) is 0 Å². The molecule has 0 aliphatic heterocycles. The number of allylic oxidation sites excluding steroid dienone is 4. The molecule has 0 aromatic rings. The Morgan fingerprint density at radius 3 is 2.15 bits per heavy atom. The quantitative estimate of drug-likeness (QED) is 0.436. The minimum absolute atomic E-state index is 0.00508. The van der Waals surface area contributed by atoms with Gasteiger partial charge in [0.2, 0.25) is 0 Å². The highest BCUT2D eigenvalue weighted by atomic mass is 16.3. The van der Waals surface area contributed by atoms with Gasteiger partial charge in [0.05, 0.1) is 18.3 Å². The Morgan fingerprint density at radius 1 is 0.848 bits per heavy atom. The van der Waals surface area contributed by atoms with Crippen LogP contribution in [0.1, 0.15) is 100 Å². The molecule has 0 amide bonds. The van der Waals surface area contributed by atoms with E-state index in [0.29, 0.717) is 11.8 Å². The first-order valence-electron chi connectivity index (χ1n) is 13.5. The van der Waals surface area contributed by atoms with Gasteiger partial charge in [-0.05, 0) is 111 Å². The highest BCUT2D eigenvalue weighted by Crippen LogP contribution is 2.75. The van der Waals surface area contributed by atoms with E-state index in [2.05, 4.69) is 67.5 Å². The molecule has 0 bridgehead atoms. The van der Waals surface area contributed by atoms with Crippen LogP contribution in [0.25, 0.3) is 0 Å². The van der Waals surface area contributed by atoms with Gasteiger partial charge in [0, 0.05) is 0 Å². The van der Waals surface area contributed by atoms with Gasteiger partial charge < -0.3 is 15.3 Å². The number of aliphatic hydroxyl groups excluding tert-OH is 3. The third-order valence-corrected chi connectivity index (χ3v) is 11.8. The number of fused-ring (bicyclic) bond motifs is 5. The van der Waals surface area contributed by atoms with Crippen molar-refractivity contribution in [2.75, 3.05) is 0 Å². The van der Waals surface area contributed by atoms with E-state index >= 15 is 0 Å². The van der Waals surface area contributed by atoms with Crippen LogP contribution in [0.2, 0.25) is 0 Å². The van der Waals surface area contributed by atoms with Gasteiger partial charge in [0.15, 0.2) is 0 Å². The second-order valence-corrected chi connectivity index (χ2v) is 14.0. The maximum atomic E-state index is 11.7. The van der Waals surface area contributed by atoms with Crippen molar-refractivity contribution >= 4 is 0 Å². The fraction of sp³-hybridized carbons (Fsp3) is 0.867. The zero-order valence-corrected chi connectivity index (χ0v) is 22.5. The summed E-state index contributed by atoms with van der Waals surface area (Å²) in [5, 5.41) is 34.3. The average molecular weight is 459 g/mol. The summed E-state index contributed by atoms with van der Waals surface area (Å²) >= 11 is 0. The fourth-order valence-corrected chi connectivity index (χ4v) is 10.1. The second-order valence-electron chi connectivity index (χ2n) is 14.0. The molecule has 3 heteroatoms. The van der Waals surface area contributed by atoms with Crippen molar-refractivity contribution in [3.63, 3.8) is 0 Å². The molecule has 0 heterocycles. The zero-order chi connectivity index (χ0) is 24.6. The molecule has 4 rings (SSSR count). The topological polar surface area (TPSA) is 60.7 Å². The van der Waals surface area contributed by atoms with Crippen LogP contribution < -0.4 is 0 Å². The number of hydrogen-bond donors (Lipinski definition) is 3. The van der Waals surface area contributed by atoms with Gasteiger partial charge in [0.25, 0.3) is 0 Å². The molecule has 0 aromatic carbocycles. The molecule has 4 fully saturated rings. The van der Waals surface area contributed by atoms with Crippen LogP contribution in [-0.4, -0.2) is 33.6 Å². The molecular weight excluding hydrogens is 408 g/mol. The lowest BCUT2D eigenvalue weighted by atomic mass is 9.34. The Morgan fingerprint density at radius 2 is 1.52 bits per heavy atom. The van der Waals surface area contributed by atoms with Crippen LogP contribution in [-0.2, 0) is 0 Å². The lowest BCUT2D eigenvalue weighted by Gasteiger charge is -2.71. The van der Waals surface area contributed by atoms with Gasteiger partial charge in [-0.3, -0.25) is 0 Å². The lowest BCUT2D eigenvalue weighted by Crippen LogP contribution is -2.69. The van der Waals surface area contributed by atoms with Crippen LogP contribution in [0.4, 0.5) is 0 Å². The molecule has 33 heavy (non-hydrogen) atoms. The lowest BCUT2D eigenvalue weighted by molar-refractivity contribution is -0.270. The highest BCUT2D eigenvalue weighted by Gasteiger charge is 2.72. The van der Waals surface area contributed by atoms with Crippen molar-refractivity contribution in [2.24, 2.45) is 45.3 Å². The van der Waals surface area contributed by atoms with Crippen LogP contribution in [0.15, 0.2) is 23.3 Å². The van der Waals surface area contributed by atoms with Gasteiger partial charge in [-0.1, -0.05) is 57.9 Å². The molecule has 0 radical (unpaired) electrons. The minimum Gasteiger partial charge on any atom is -0.393 e. The summed E-state index contributed by atoms with van der Waals surface area (Å²) in [4.78, 5) is 0. The van der Waals surface area contributed by atoms with Crippen molar-refractivity contribution in [2.45, 2.75) is 119 Å². The Bertz CT molecular complexity index is 822. The minimum atomic E-state index is -0.401. The maximum absolute atomic E-state index is 11.7. The van der Waals surface area contributed by atoms with Crippen LogP contribution in [0.3, 0.4) is 0 Å². The first-order valence-corrected chi connectivity index (χ1v) is 13.5. The molecule has 0 aromatic heterocycles. The van der Waals surface area contributed by atoms with E-state index in [9.17, 15) is 15.3 Å². The van der Waals surface area contributed by atoms with Crippen LogP contribution in [0, 0.1) is 45.3 Å². The van der Waals surface area contributed by atoms with E-state index in [4.69, 9.17) is 0 Å². The Labute approximate surface area is 202 Å². The predicted molar refractivity (Wildman–Crippen MR) is 136 cm³/mol. The first-order chi connectivity index (χ1) is 15.2. The molecule has 3 nitrogen and oxygen atoms in total. The van der Waals surface area contributed by atoms with E-state index in [1.165, 1.54) is 11.1 Å². The van der Waals surface area contributed by atoms with Gasteiger partial charge in [-0.15, -0.1) is 0 Å². The smallest absolute Gasteiger partial charge is 0.0595 e. The molecule has 0 spiro atoms. The summed E-state index contributed by atoms with van der Waals surface area (Å²) in [5.74, 6) is 1.13. The summed E-state index contributed by atoms with van der Waals surface area (Å²) in [6.07, 6.45) is 10.2. The molecule has 4 aliphatic rings. The molecule has 4 aliphatic carbocycles. The SMILES string of the molecule is CC(C)=CC/C=C(\C)[C@H]1CC[C@]2(C)[C@@H]1[C@H](O)C[C@@H]1[C@@]3(C)CC[C@H](O)C(C)(C)[C@@H]3[C@@H](O)C[C@]12C. The Hall–Kier alpha value is -0.640. The van der Waals surface area contributed by atoms with E-state index in [1.807, 2.05) is 0 Å². The van der Waals surface area contributed by atoms with Gasteiger partial charge in [0.1, 0.15) is 0 Å². The summed E-state index contributed by atoms with van der Waals surface area (Å²) < 4.78 is 0. The van der Waals surface area contributed by atoms with E-state index in [-0.39, 0.29) is 45.7 Å². The molecule has 188 valence electrons. The van der Waals surface area contributed by atoms with Gasteiger partial charge >= 0.3 is 0 Å². The number of hydrogen-bond acceptors (Lipinski definition) is 3. The van der Waals surface area contributed by atoms with E-state index < -0.39 is 6.10 Å². The van der Waals surface area contributed by atoms with Crippen molar-refractivity contribution < 1.29 is 15.3 Å². The van der Waals surface area contributed by atoms with Crippen molar-refractivity contribution in [3.8, 4) is 0 Å². The van der Waals surface area contributed by atoms with Crippen LogP contribution in [0.5, 0.6) is 0 Å². The van der Waals surface area contributed by atoms with E-state index in [1.54, 1.807) is 0 Å². The Kier molecular flexibility index (Phi) is 6.33. The zero-order valence-electron chi connectivity index (χ0n) is 22.5. The van der Waals surface area contributed by atoms with Crippen molar-refractivity contribution in [1.82, 2.24) is 0 Å². The second kappa shape index (κ2) is 8.20. The van der Waals surface area contributed by atoms with Crippen LogP contribution >= 0.6 is 0 Å². The molecular formula is C30H50O3. The Balaban J connectivity index is 1.71. The normalized spacial score (nSPS) is 51.4. The van der Waals surface area contributed by atoms with E-state index in [0.717, 1.165) is 44.9 Å². The number of rotatable bonds is 3. The molecule has 0 unspecified atom stereocenters. The maximum Gasteiger partial charge on any atom is 0.0595 e.